The van der Waals surface area contributed by atoms with Crippen LogP contribution < -0.4 is 4.90 Å². The van der Waals surface area contributed by atoms with E-state index in [0.29, 0.717) is 6.04 Å². The Morgan fingerprint density at radius 2 is 1.94 bits per heavy atom. The second-order valence-electron chi connectivity index (χ2n) is 5.46. The molecule has 2 nitrogen and oxygen atoms in total. The first-order valence-corrected chi connectivity index (χ1v) is 7.53. The molecular formula is C15H22BrNO. The molecule has 1 aromatic rings. The first kappa shape index (κ1) is 13.9. The van der Waals surface area contributed by atoms with Crippen molar-refractivity contribution in [1.82, 2.24) is 0 Å². The highest BCUT2D eigenvalue weighted by Gasteiger charge is 2.23. The minimum atomic E-state index is 0.0994. The average Bonchev–Trinajstić information content (AvgIpc) is 2.38. The van der Waals surface area contributed by atoms with Gasteiger partial charge in [-0.3, -0.25) is 0 Å². The number of rotatable bonds is 3. The number of hydrogen-bond acceptors (Lipinski definition) is 2. The van der Waals surface area contributed by atoms with E-state index in [2.05, 4.69) is 46.9 Å². The predicted octanol–water partition coefficient (Wildman–Crippen LogP) is 3.96. The Balaban J connectivity index is 2.15. The van der Waals surface area contributed by atoms with E-state index < -0.39 is 0 Å². The van der Waals surface area contributed by atoms with Gasteiger partial charge >= 0.3 is 0 Å². The lowest BCUT2D eigenvalue weighted by Gasteiger charge is -2.36. The fourth-order valence-corrected chi connectivity index (χ4v) is 3.26. The van der Waals surface area contributed by atoms with Gasteiger partial charge in [-0.05, 0) is 49.8 Å². The number of aliphatic hydroxyl groups is 1. The van der Waals surface area contributed by atoms with Gasteiger partial charge in [0.05, 0.1) is 6.61 Å². The quantitative estimate of drug-likeness (QED) is 0.913. The highest BCUT2D eigenvalue weighted by atomic mass is 79.9. The zero-order valence-electron chi connectivity index (χ0n) is 11.2. The van der Waals surface area contributed by atoms with E-state index in [1.807, 2.05) is 6.07 Å². The Hall–Kier alpha value is -0.540. The number of aliphatic hydroxyl groups excluding tert-OH is 1. The molecule has 1 fully saturated rings. The summed E-state index contributed by atoms with van der Waals surface area (Å²) < 4.78 is 1.03. The van der Waals surface area contributed by atoms with Crippen molar-refractivity contribution in [3.63, 3.8) is 0 Å². The average molecular weight is 312 g/mol. The van der Waals surface area contributed by atoms with Gasteiger partial charge in [0.2, 0.25) is 0 Å². The minimum absolute atomic E-state index is 0.0994. The van der Waals surface area contributed by atoms with Crippen LogP contribution in [0.4, 0.5) is 5.69 Å². The lowest BCUT2D eigenvalue weighted by molar-refractivity contribution is 0.281. The van der Waals surface area contributed by atoms with Gasteiger partial charge in [-0.1, -0.05) is 22.9 Å². The second-order valence-corrected chi connectivity index (χ2v) is 6.37. The summed E-state index contributed by atoms with van der Waals surface area (Å²) in [7, 11) is 2.16. The van der Waals surface area contributed by atoms with Crippen molar-refractivity contribution in [3.05, 3.63) is 28.2 Å². The summed E-state index contributed by atoms with van der Waals surface area (Å²) in [6.45, 7) is 2.44. The number of halogens is 1. The number of anilines is 1. The number of hydrogen-bond donors (Lipinski definition) is 1. The van der Waals surface area contributed by atoms with Gasteiger partial charge in [-0.2, -0.15) is 0 Å². The van der Waals surface area contributed by atoms with Crippen LogP contribution in [0, 0.1) is 5.92 Å². The Morgan fingerprint density at radius 3 is 2.56 bits per heavy atom. The van der Waals surface area contributed by atoms with Gasteiger partial charge in [-0.15, -0.1) is 0 Å². The van der Waals surface area contributed by atoms with E-state index in [9.17, 15) is 5.11 Å². The van der Waals surface area contributed by atoms with Crippen LogP contribution in [0.3, 0.4) is 0 Å². The molecule has 1 aliphatic rings. The molecule has 0 aromatic heterocycles. The maximum atomic E-state index is 9.48. The summed E-state index contributed by atoms with van der Waals surface area (Å²) in [5.41, 5.74) is 2.17. The third-order valence-electron chi connectivity index (χ3n) is 4.12. The van der Waals surface area contributed by atoms with Crippen molar-refractivity contribution < 1.29 is 5.11 Å². The number of nitrogens with zero attached hydrogens (tertiary/aromatic N) is 1. The molecule has 0 radical (unpaired) electrons. The highest BCUT2D eigenvalue weighted by molar-refractivity contribution is 9.10. The number of benzene rings is 1. The van der Waals surface area contributed by atoms with Crippen LogP contribution in [0.1, 0.15) is 38.2 Å². The molecule has 0 unspecified atom stereocenters. The van der Waals surface area contributed by atoms with Crippen molar-refractivity contribution in [2.24, 2.45) is 5.92 Å². The SMILES string of the molecule is CC1CCC(N(C)c2ccc(Br)cc2CO)CC1. The summed E-state index contributed by atoms with van der Waals surface area (Å²) in [5.74, 6) is 0.872. The highest BCUT2D eigenvalue weighted by Crippen LogP contribution is 2.32. The third kappa shape index (κ3) is 3.07. The van der Waals surface area contributed by atoms with Gasteiger partial charge in [0.1, 0.15) is 0 Å². The molecule has 100 valence electrons. The van der Waals surface area contributed by atoms with Crippen LogP contribution in [0.2, 0.25) is 0 Å². The Labute approximate surface area is 118 Å². The molecule has 1 N–H and O–H groups in total. The summed E-state index contributed by atoms with van der Waals surface area (Å²) in [5, 5.41) is 9.48. The van der Waals surface area contributed by atoms with Crippen LogP contribution in [-0.4, -0.2) is 18.2 Å². The summed E-state index contributed by atoms with van der Waals surface area (Å²) >= 11 is 3.46. The molecule has 3 heteroatoms. The van der Waals surface area contributed by atoms with Crippen LogP contribution in [-0.2, 0) is 6.61 Å². The van der Waals surface area contributed by atoms with Gasteiger partial charge < -0.3 is 10.0 Å². The minimum Gasteiger partial charge on any atom is -0.392 e. The molecule has 0 spiro atoms. The summed E-state index contributed by atoms with van der Waals surface area (Å²) in [4.78, 5) is 2.35. The topological polar surface area (TPSA) is 23.5 Å². The van der Waals surface area contributed by atoms with Crippen molar-refractivity contribution in [3.8, 4) is 0 Å². The van der Waals surface area contributed by atoms with Crippen LogP contribution in [0.5, 0.6) is 0 Å². The lowest BCUT2D eigenvalue weighted by Crippen LogP contribution is -2.35. The van der Waals surface area contributed by atoms with Crippen LogP contribution in [0.15, 0.2) is 22.7 Å². The first-order valence-electron chi connectivity index (χ1n) is 6.74. The standard InChI is InChI=1S/C15H22BrNO/c1-11-3-6-14(7-4-11)17(2)15-8-5-13(16)9-12(15)10-18/h5,8-9,11,14,18H,3-4,6-7,10H2,1-2H3. The summed E-state index contributed by atoms with van der Waals surface area (Å²) in [6, 6.07) is 6.79. The maximum Gasteiger partial charge on any atom is 0.0702 e. The van der Waals surface area contributed by atoms with Gasteiger partial charge in [0.25, 0.3) is 0 Å². The largest absolute Gasteiger partial charge is 0.392 e. The van der Waals surface area contributed by atoms with E-state index in [0.717, 1.165) is 16.0 Å². The Kier molecular flexibility index (Phi) is 4.68. The molecule has 0 atom stereocenters. The summed E-state index contributed by atoms with van der Waals surface area (Å²) in [6.07, 6.45) is 5.16. The molecule has 1 saturated carbocycles. The molecule has 1 aromatic carbocycles. The molecular weight excluding hydrogens is 290 g/mol. The van der Waals surface area contributed by atoms with Crippen molar-refractivity contribution in [1.29, 1.82) is 0 Å². The van der Waals surface area contributed by atoms with Crippen molar-refractivity contribution >= 4 is 21.6 Å². The molecule has 0 amide bonds. The fourth-order valence-electron chi connectivity index (χ4n) is 2.85. The van der Waals surface area contributed by atoms with Gasteiger partial charge in [0, 0.05) is 28.8 Å². The Bertz CT molecular complexity index is 399. The Morgan fingerprint density at radius 1 is 1.28 bits per heavy atom. The zero-order chi connectivity index (χ0) is 13.1. The van der Waals surface area contributed by atoms with E-state index in [1.54, 1.807) is 0 Å². The van der Waals surface area contributed by atoms with Crippen molar-refractivity contribution in [2.75, 3.05) is 11.9 Å². The van der Waals surface area contributed by atoms with E-state index >= 15 is 0 Å². The predicted molar refractivity (Wildman–Crippen MR) is 79.9 cm³/mol. The molecule has 2 rings (SSSR count). The second kappa shape index (κ2) is 6.07. The molecule has 0 heterocycles. The third-order valence-corrected chi connectivity index (χ3v) is 4.62. The van der Waals surface area contributed by atoms with Crippen LogP contribution in [0.25, 0.3) is 0 Å². The van der Waals surface area contributed by atoms with Gasteiger partial charge in [-0.25, -0.2) is 0 Å². The molecule has 0 aliphatic heterocycles. The van der Waals surface area contributed by atoms with Crippen LogP contribution >= 0.6 is 15.9 Å². The monoisotopic (exact) mass is 311 g/mol. The van der Waals surface area contributed by atoms with Crippen molar-refractivity contribution in [2.45, 2.75) is 45.3 Å². The molecule has 0 bridgehead atoms. The molecule has 1 aliphatic carbocycles. The van der Waals surface area contributed by atoms with Gasteiger partial charge in [0.15, 0.2) is 0 Å². The normalized spacial score (nSPS) is 24.0. The molecule has 18 heavy (non-hydrogen) atoms. The fraction of sp³-hybridized carbons (Fsp3) is 0.600. The molecule has 0 saturated heterocycles. The van der Waals surface area contributed by atoms with E-state index in [4.69, 9.17) is 0 Å². The zero-order valence-corrected chi connectivity index (χ0v) is 12.8. The maximum absolute atomic E-state index is 9.48. The smallest absolute Gasteiger partial charge is 0.0702 e. The first-order chi connectivity index (χ1) is 8.61. The lowest BCUT2D eigenvalue weighted by atomic mass is 9.86. The van der Waals surface area contributed by atoms with E-state index in [1.165, 1.54) is 31.4 Å². The van der Waals surface area contributed by atoms with E-state index in [-0.39, 0.29) is 6.61 Å².